The maximum Gasteiger partial charge on any atom is 0.244 e. The van der Waals surface area contributed by atoms with Crippen LogP contribution in [-0.2, 0) is 32.6 Å². The van der Waals surface area contributed by atoms with Crippen molar-refractivity contribution in [2.75, 3.05) is 23.7 Å². The first-order chi connectivity index (χ1) is 18.0. The molecule has 1 N–H and O–H groups in total. The third kappa shape index (κ3) is 8.15. The summed E-state index contributed by atoms with van der Waals surface area (Å²) in [6, 6.07) is 21.2. The number of hydrogen-bond acceptors (Lipinski definition) is 4. The Kier molecular flexibility index (Phi) is 10.5. The number of likely N-dealkylation sites (N-methyl/N-ethyl adjacent to an activating group) is 1. The second kappa shape index (κ2) is 13.4. The molecular weight excluding hydrogens is 634 g/mol. The largest absolute Gasteiger partial charge is 0.355 e. The van der Waals surface area contributed by atoms with Crippen LogP contribution in [0.25, 0.3) is 0 Å². The van der Waals surface area contributed by atoms with E-state index in [0.717, 1.165) is 36.2 Å². The van der Waals surface area contributed by atoms with Crippen LogP contribution in [0, 0.1) is 6.92 Å². The number of carbonyl (C=O) groups excluding carboxylic acids is 2. The average Bonchev–Trinajstić information content (AvgIpc) is 2.86. The Labute approximate surface area is 241 Å². The lowest BCUT2D eigenvalue weighted by atomic mass is 10.0. The smallest absolute Gasteiger partial charge is 0.244 e. The summed E-state index contributed by atoms with van der Waals surface area (Å²) in [5.74, 6) is -0.784. The number of rotatable bonds is 11. The summed E-state index contributed by atoms with van der Waals surface area (Å²) < 4.78 is 28.4. The zero-order valence-electron chi connectivity index (χ0n) is 21.5. The summed E-state index contributed by atoms with van der Waals surface area (Å²) in [5.41, 5.74) is 2.90. The molecule has 0 aliphatic carbocycles. The van der Waals surface area contributed by atoms with Gasteiger partial charge in [-0.3, -0.25) is 13.9 Å². The minimum absolute atomic E-state index is 0.129. The van der Waals surface area contributed by atoms with Gasteiger partial charge >= 0.3 is 0 Å². The molecule has 0 heterocycles. The molecule has 2 amide bonds. The van der Waals surface area contributed by atoms with Crippen molar-refractivity contribution in [3.05, 3.63) is 98.4 Å². The van der Waals surface area contributed by atoms with Gasteiger partial charge in [-0.05, 0) is 60.9 Å². The topological polar surface area (TPSA) is 86.8 Å². The van der Waals surface area contributed by atoms with Crippen molar-refractivity contribution in [2.24, 2.45) is 0 Å². The Bertz CT molecular complexity index is 1380. The van der Waals surface area contributed by atoms with Crippen molar-refractivity contribution in [1.29, 1.82) is 0 Å². The van der Waals surface area contributed by atoms with E-state index in [1.54, 1.807) is 18.2 Å². The molecule has 3 aromatic rings. The van der Waals surface area contributed by atoms with Gasteiger partial charge < -0.3 is 10.2 Å². The summed E-state index contributed by atoms with van der Waals surface area (Å²) >= 11 is 6.90. The molecule has 0 saturated carbocycles. The van der Waals surface area contributed by atoms with Gasteiger partial charge in [0, 0.05) is 28.5 Å². The summed E-state index contributed by atoms with van der Waals surface area (Å²) in [5, 5.41) is 2.85. The predicted molar refractivity (Wildman–Crippen MR) is 158 cm³/mol. The van der Waals surface area contributed by atoms with Crippen LogP contribution in [0.5, 0.6) is 0 Å². The fourth-order valence-electron chi connectivity index (χ4n) is 4.08. The van der Waals surface area contributed by atoms with Crippen LogP contribution < -0.4 is 9.62 Å². The first-order valence-corrected chi connectivity index (χ1v) is 15.5. The molecule has 1 atom stereocenters. The maximum atomic E-state index is 14.0. The molecule has 202 valence electrons. The third-order valence-electron chi connectivity index (χ3n) is 5.97. The number of aryl methyl sites for hydroxylation is 1. The first kappa shape index (κ1) is 29.9. The summed E-state index contributed by atoms with van der Waals surface area (Å²) in [6.07, 6.45) is 1.35. The zero-order chi connectivity index (χ0) is 27.9. The monoisotopic (exact) mass is 663 g/mol. The molecule has 0 aliphatic heterocycles. The molecule has 3 aromatic carbocycles. The molecule has 0 aromatic heterocycles. The Morgan fingerprint density at radius 3 is 2.24 bits per heavy atom. The number of nitrogens with zero attached hydrogens (tertiary/aromatic N) is 2. The Balaban J connectivity index is 2.05. The molecule has 0 unspecified atom stereocenters. The van der Waals surface area contributed by atoms with Gasteiger partial charge in [0.2, 0.25) is 21.8 Å². The minimum atomic E-state index is -3.81. The molecular formula is C28H31Br2N3O4S. The van der Waals surface area contributed by atoms with Crippen LogP contribution in [0.4, 0.5) is 5.69 Å². The number of sulfonamides is 1. The fourth-order valence-corrected chi connectivity index (χ4v) is 5.61. The predicted octanol–water partition coefficient (Wildman–Crippen LogP) is 5.06. The van der Waals surface area contributed by atoms with Crippen molar-refractivity contribution in [1.82, 2.24) is 10.2 Å². The van der Waals surface area contributed by atoms with Crippen molar-refractivity contribution in [2.45, 2.75) is 32.9 Å². The van der Waals surface area contributed by atoms with E-state index in [1.165, 1.54) is 4.90 Å². The highest BCUT2D eigenvalue weighted by Crippen LogP contribution is 2.25. The van der Waals surface area contributed by atoms with Crippen molar-refractivity contribution in [3.63, 3.8) is 0 Å². The molecule has 0 radical (unpaired) electrons. The molecule has 0 aliphatic rings. The van der Waals surface area contributed by atoms with Gasteiger partial charge in [0.1, 0.15) is 12.6 Å². The number of amides is 2. The fraction of sp³-hybridized carbons (Fsp3) is 0.286. The standard InChI is InChI=1S/C28H31Br2N3O4S/c1-4-31-28(35)26(17-21-9-6-5-7-10-21)32(18-22-11-8-12-23(29)16-22)27(34)19-33(38(3,36)37)24-13-14-25(30)20(2)15-24/h5-16,26H,4,17-19H2,1-3H3,(H,31,35)/t26-/m0/s1. The number of nitrogens with one attached hydrogen (secondary N) is 1. The summed E-state index contributed by atoms with van der Waals surface area (Å²) in [7, 11) is -3.81. The molecule has 0 fully saturated rings. The lowest BCUT2D eigenvalue weighted by molar-refractivity contribution is -0.140. The Morgan fingerprint density at radius 2 is 1.63 bits per heavy atom. The lowest BCUT2D eigenvalue weighted by Gasteiger charge is -2.33. The van der Waals surface area contributed by atoms with Gasteiger partial charge in [0.05, 0.1) is 11.9 Å². The maximum absolute atomic E-state index is 14.0. The number of benzene rings is 3. The summed E-state index contributed by atoms with van der Waals surface area (Å²) in [4.78, 5) is 28.8. The van der Waals surface area contributed by atoms with E-state index in [4.69, 9.17) is 0 Å². The molecule has 0 bridgehead atoms. The first-order valence-electron chi connectivity index (χ1n) is 12.1. The SMILES string of the molecule is CCNC(=O)[C@H](Cc1ccccc1)N(Cc1cccc(Br)c1)C(=O)CN(c1ccc(Br)c(C)c1)S(C)(=O)=O. The van der Waals surface area contributed by atoms with Crippen LogP contribution in [0.2, 0.25) is 0 Å². The van der Waals surface area contributed by atoms with Gasteiger partial charge in [-0.15, -0.1) is 0 Å². The Morgan fingerprint density at radius 1 is 0.947 bits per heavy atom. The number of hydrogen-bond donors (Lipinski definition) is 1. The van der Waals surface area contributed by atoms with Crippen molar-refractivity contribution in [3.8, 4) is 0 Å². The molecule has 10 heteroatoms. The van der Waals surface area contributed by atoms with E-state index >= 15 is 0 Å². The molecule has 38 heavy (non-hydrogen) atoms. The number of anilines is 1. The van der Waals surface area contributed by atoms with Crippen LogP contribution in [-0.4, -0.2) is 50.5 Å². The summed E-state index contributed by atoms with van der Waals surface area (Å²) in [6.45, 7) is 3.75. The highest BCUT2D eigenvalue weighted by Gasteiger charge is 2.33. The van der Waals surface area contributed by atoms with E-state index in [-0.39, 0.29) is 18.9 Å². The molecule has 7 nitrogen and oxygen atoms in total. The zero-order valence-corrected chi connectivity index (χ0v) is 25.5. The van der Waals surface area contributed by atoms with E-state index in [1.807, 2.05) is 68.4 Å². The van der Waals surface area contributed by atoms with Crippen LogP contribution in [0.1, 0.15) is 23.6 Å². The van der Waals surface area contributed by atoms with Crippen molar-refractivity contribution < 1.29 is 18.0 Å². The highest BCUT2D eigenvalue weighted by atomic mass is 79.9. The van der Waals surface area contributed by atoms with Gasteiger partial charge in [-0.1, -0.05) is 74.3 Å². The van der Waals surface area contributed by atoms with Gasteiger partial charge in [0.15, 0.2) is 0 Å². The minimum Gasteiger partial charge on any atom is -0.355 e. The van der Waals surface area contributed by atoms with E-state index < -0.39 is 28.5 Å². The second-order valence-corrected chi connectivity index (χ2v) is 12.6. The number of carbonyl (C=O) groups is 2. The van der Waals surface area contributed by atoms with Gasteiger partial charge in [0.25, 0.3) is 0 Å². The molecule has 0 spiro atoms. The van der Waals surface area contributed by atoms with Crippen LogP contribution >= 0.6 is 31.9 Å². The van der Waals surface area contributed by atoms with Crippen molar-refractivity contribution >= 4 is 59.4 Å². The third-order valence-corrected chi connectivity index (χ3v) is 8.50. The number of halogens is 2. The van der Waals surface area contributed by atoms with E-state index in [2.05, 4.69) is 37.2 Å². The van der Waals surface area contributed by atoms with Gasteiger partial charge in [-0.2, -0.15) is 0 Å². The average molecular weight is 665 g/mol. The van der Waals surface area contributed by atoms with Gasteiger partial charge in [-0.25, -0.2) is 8.42 Å². The van der Waals surface area contributed by atoms with Crippen LogP contribution in [0.3, 0.4) is 0 Å². The molecule has 3 rings (SSSR count). The van der Waals surface area contributed by atoms with Crippen LogP contribution in [0.15, 0.2) is 81.7 Å². The highest BCUT2D eigenvalue weighted by molar-refractivity contribution is 9.10. The quantitative estimate of drug-likeness (QED) is 0.311. The second-order valence-electron chi connectivity index (χ2n) is 8.95. The lowest BCUT2D eigenvalue weighted by Crippen LogP contribution is -2.53. The normalized spacial score (nSPS) is 12.0. The van der Waals surface area contributed by atoms with E-state index in [0.29, 0.717) is 12.2 Å². The molecule has 0 saturated heterocycles. The Hall–Kier alpha value is -2.69. The van der Waals surface area contributed by atoms with E-state index in [9.17, 15) is 18.0 Å².